The molecule has 0 saturated carbocycles. The van der Waals surface area contributed by atoms with Gasteiger partial charge in [-0.25, -0.2) is 4.39 Å². The van der Waals surface area contributed by atoms with Crippen molar-refractivity contribution in [3.05, 3.63) is 89.2 Å². The van der Waals surface area contributed by atoms with Crippen molar-refractivity contribution in [1.82, 2.24) is 0 Å². The number of aryl methyl sites for hydroxylation is 1. The Hall–Kier alpha value is -3.87. The van der Waals surface area contributed by atoms with E-state index in [9.17, 15) is 14.0 Å². The summed E-state index contributed by atoms with van der Waals surface area (Å²) in [7, 11) is 0. The van der Waals surface area contributed by atoms with Gasteiger partial charge in [0, 0.05) is 5.69 Å². The highest BCUT2D eigenvalue weighted by Gasteiger charge is 2.08. The normalized spacial score (nSPS) is 10.4. The number of carbonyl (C=O) groups excluding carboxylic acids is 2. The first-order valence-corrected chi connectivity index (χ1v) is 9.67. The standard InChI is InChI=1S/C24H23FN2O4/c1-16-11-21(30-14-18-3-2-4-19(25)12-18)9-10-22(16)27-24(29)15-31-20-7-5-17(6-8-20)13-23(26)28/h2-12H,13-15H2,1H3,(H2,26,28)(H,27,29). The third-order valence-electron chi connectivity index (χ3n) is 4.44. The summed E-state index contributed by atoms with van der Waals surface area (Å²) in [5, 5.41) is 2.80. The molecule has 160 valence electrons. The maximum Gasteiger partial charge on any atom is 0.262 e. The van der Waals surface area contributed by atoms with E-state index in [1.54, 1.807) is 54.6 Å². The van der Waals surface area contributed by atoms with Crippen LogP contribution in [0.4, 0.5) is 10.1 Å². The van der Waals surface area contributed by atoms with Crippen LogP contribution in [0.2, 0.25) is 0 Å². The van der Waals surface area contributed by atoms with Crippen LogP contribution in [0.5, 0.6) is 11.5 Å². The van der Waals surface area contributed by atoms with Crippen LogP contribution in [0, 0.1) is 12.7 Å². The Morgan fingerprint density at radius 2 is 1.68 bits per heavy atom. The van der Waals surface area contributed by atoms with Crippen molar-refractivity contribution in [3.8, 4) is 11.5 Å². The number of carbonyl (C=O) groups is 2. The molecule has 0 fully saturated rings. The molecule has 0 saturated heterocycles. The third-order valence-corrected chi connectivity index (χ3v) is 4.44. The molecule has 6 nitrogen and oxygen atoms in total. The van der Waals surface area contributed by atoms with Gasteiger partial charge in [0.1, 0.15) is 23.9 Å². The summed E-state index contributed by atoms with van der Waals surface area (Å²) in [5.74, 6) is 0.110. The van der Waals surface area contributed by atoms with Crippen LogP contribution in [-0.2, 0) is 22.6 Å². The molecule has 31 heavy (non-hydrogen) atoms. The fourth-order valence-electron chi connectivity index (χ4n) is 2.90. The van der Waals surface area contributed by atoms with E-state index in [1.165, 1.54) is 12.1 Å². The van der Waals surface area contributed by atoms with Crippen LogP contribution in [0.15, 0.2) is 66.7 Å². The molecule has 0 aliphatic carbocycles. The van der Waals surface area contributed by atoms with Gasteiger partial charge in [0.25, 0.3) is 5.91 Å². The maximum absolute atomic E-state index is 13.2. The summed E-state index contributed by atoms with van der Waals surface area (Å²) < 4.78 is 24.4. The second-order valence-corrected chi connectivity index (χ2v) is 7.02. The Morgan fingerprint density at radius 3 is 2.35 bits per heavy atom. The van der Waals surface area contributed by atoms with E-state index in [1.807, 2.05) is 6.92 Å². The second-order valence-electron chi connectivity index (χ2n) is 7.02. The van der Waals surface area contributed by atoms with Crippen molar-refractivity contribution >= 4 is 17.5 Å². The lowest BCUT2D eigenvalue weighted by molar-refractivity contribution is -0.118. The summed E-state index contributed by atoms with van der Waals surface area (Å²) in [6.45, 7) is 1.93. The van der Waals surface area contributed by atoms with E-state index < -0.39 is 5.91 Å². The van der Waals surface area contributed by atoms with Crippen molar-refractivity contribution in [2.45, 2.75) is 20.0 Å². The molecule has 2 amide bonds. The van der Waals surface area contributed by atoms with Crippen molar-refractivity contribution < 1.29 is 23.5 Å². The molecule has 3 aromatic carbocycles. The SMILES string of the molecule is Cc1cc(OCc2cccc(F)c2)ccc1NC(=O)COc1ccc(CC(N)=O)cc1. The predicted octanol–water partition coefficient (Wildman–Crippen LogP) is 3.76. The quantitative estimate of drug-likeness (QED) is 0.549. The largest absolute Gasteiger partial charge is 0.489 e. The van der Waals surface area contributed by atoms with Gasteiger partial charge < -0.3 is 20.5 Å². The number of primary amides is 1. The smallest absolute Gasteiger partial charge is 0.262 e. The van der Waals surface area contributed by atoms with Gasteiger partial charge in [0.05, 0.1) is 6.42 Å². The van der Waals surface area contributed by atoms with E-state index in [-0.39, 0.29) is 31.4 Å². The first-order chi connectivity index (χ1) is 14.9. The molecule has 0 bridgehead atoms. The van der Waals surface area contributed by atoms with Gasteiger partial charge in [0.15, 0.2) is 6.61 Å². The van der Waals surface area contributed by atoms with Crippen LogP contribution >= 0.6 is 0 Å². The Bertz CT molecular complexity index is 1070. The number of nitrogens with one attached hydrogen (secondary N) is 1. The molecule has 0 aromatic heterocycles. The van der Waals surface area contributed by atoms with E-state index >= 15 is 0 Å². The van der Waals surface area contributed by atoms with Crippen LogP contribution < -0.4 is 20.5 Å². The summed E-state index contributed by atoms with van der Waals surface area (Å²) in [5.41, 5.74) is 8.13. The lowest BCUT2D eigenvalue weighted by atomic mass is 10.1. The van der Waals surface area contributed by atoms with Crippen molar-refractivity contribution in [2.24, 2.45) is 5.73 Å². The second kappa shape index (κ2) is 10.2. The average Bonchev–Trinajstić information content (AvgIpc) is 2.73. The Labute approximate surface area is 179 Å². The minimum atomic E-state index is -0.409. The van der Waals surface area contributed by atoms with E-state index in [2.05, 4.69) is 5.32 Å². The number of hydrogen-bond acceptors (Lipinski definition) is 4. The van der Waals surface area contributed by atoms with Gasteiger partial charge in [-0.3, -0.25) is 9.59 Å². The molecule has 0 aliphatic heterocycles. The summed E-state index contributed by atoms with van der Waals surface area (Å²) in [6.07, 6.45) is 0.155. The lowest BCUT2D eigenvalue weighted by Gasteiger charge is -2.12. The number of ether oxygens (including phenoxy) is 2. The number of halogens is 1. The average molecular weight is 422 g/mol. The Balaban J connectivity index is 1.50. The highest BCUT2D eigenvalue weighted by molar-refractivity contribution is 5.92. The number of nitrogens with two attached hydrogens (primary N) is 1. The fourth-order valence-corrected chi connectivity index (χ4v) is 2.90. The van der Waals surface area contributed by atoms with Crippen LogP contribution in [0.1, 0.15) is 16.7 Å². The molecule has 3 aromatic rings. The molecular weight excluding hydrogens is 399 g/mol. The molecule has 0 atom stereocenters. The minimum Gasteiger partial charge on any atom is -0.489 e. The van der Waals surface area contributed by atoms with Gasteiger partial charge in [-0.1, -0.05) is 24.3 Å². The van der Waals surface area contributed by atoms with Gasteiger partial charge in [-0.05, 0) is 66.1 Å². The van der Waals surface area contributed by atoms with Crippen molar-refractivity contribution in [1.29, 1.82) is 0 Å². The number of amides is 2. The monoisotopic (exact) mass is 422 g/mol. The van der Waals surface area contributed by atoms with Crippen molar-refractivity contribution in [2.75, 3.05) is 11.9 Å². The first-order valence-electron chi connectivity index (χ1n) is 9.67. The van der Waals surface area contributed by atoms with Gasteiger partial charge in [0.2, 0.25) is 5.91 Å². The fraction of sp³-hybridized carbons (Fsp3) is 0.167. The summed E-state index contributed by atoms with van der Waals surface area (Å²) in [6, 6.07) is 18.3. The molecule has 3 N–H and O–H groups in total. The highest BCUT2D eigenvalue weighted by Crippen LogP contribution is 2.22. The molecular formula is C24H23FN2O4. The molecule has 0 unspecified atom stereocenters. The van der Waals surface area contributed by atoms with E-state index in [4.69, 9.17) is 15.2 Å². The topological polar surface area (TPSA) is 90.7 Å². The first kappa shape index (κ1) is 21.8. The van der Waals surface area contributed by atoms with E-state index in [0.717, 1.165) is 16.7 Å². The summed E-state index contributed by atoms with van der Waals surface area (Å²) in [4.78, 5) is 23.1. The van der Waals surface area contributed by atoms with Gasteiger partial charge in [-0.2, -0.15) is 0 Å². The molecule has 0 heterocycles. The zero-order valence-corrected chi connectivity index (χ0v) is 17.1. The molecule has 0 spiro atoms. The van der Waals surface area contributed by atoms with Gasteiger partial charge >= 0.3 is 0 Å². The zero-order valence-electron chi connectivity index (χ0n) is 17.1. The Kier molecular flexibility index (Phi) is 7.22. The number of benzene rings is 3. The lowest BCUT2D eigenvalue weighted by Crippen LogP contribution is -2.20. The van der Waals surface area contributed by atoms with Gasteiger partial charge in [-0.15, -0.1) is 0 Å². The van der Waals surface area contributed by atoms with Crippen LogP contribution in [-0.4, -0.2) is 18.4 Å². The molecule has 7 heteroatoms. The zero-order chi connectivity index (χ0) is 22.2. The number of hydrogen-bond donors (Lipinski definition) is 2. The molecule has 3 rings (SSSR count). The van der Waals surface area contributed by atoms with Crippen molar-refractivity contribution in [3.63, 3.8) is 0 Å². The van der Waals surface area contributed by atoms with Crippen LogP contribution in [0.25, 0.3) is 0 Å². The predicted molar refractivity (Wildman–Crippen MR) is 115 cm³/mol. The van der Waals surface area contributed by atoms with Crippen LogP contribution in [0.3, 0.4) is 0 Å². The third kappa shape index (κ3) is 6.85. The number of anilines is 1. The highest BCUT2D eigenvalue weighted by atomic mass is 19.1. The molecule has 0 radical (unpaired) electrons. The Morgan fingerprint density at radius 1 is 0.935 bits per heavy atom. The summed E-state index contributed by atoms with van der Waals surface area (Å²) >= 11 is 0. The van der Waals surface area contributed by atoms with E-state index in [0.29, 0.717) is 17.2 Å². The maximum atomic E-state index is 13.2. The minimum absolute atomic E-state index is 0.155. The molecule has 0 aliphatic rings. The number of rotatable bonds is 9.